The van der Waals surface area contributed by atoms with E-state index in [1.165, 1.54) is 10.8 Å². The number of carbonyl (C=O) groups excluding carboxylic acids is 1. The molecule has 0 unspecified atom stereocenters. The van der Waals surface area contributed by atoms with E-state index in [-0.39, 0.29) is 5.91 Å². The van der Waals surface area contributed by atoms with Crippen LogP contribution in [0.1, 0.15) is 34.1 Å². The molecule has 1 heterocycles. The molecule has 0 aliphatic heterocycles. The van der Waals surface area contributed by atoms with Gasteiger partial charge in [-0.2, -0.15) is 5.10 Å². The van der Waals surface area contributed by atoms with Crippen LogP contribution in [0.4, 0.5) is 0 Å². The van der Waals surface area contributed by atoms with E-state index < -0.39 is 0 Å². The van der Waals surface area contributed by atoms with E-state index in [4.69, 9.17) is 9.47 Å². The topological polar surface area (TPSA) is 64.8 Å². The van der Waals surface area contributed by atoms with Crippen molar-refractivity contribution in [3.8, 4) is 28.4 Å². The summed E-state index contributed by atoms with van der Waals surface area (Å²) >= 11 is 0. The lowest BCUT2D eigenvalue weighted by Crippen LogP contribution is -2.17. The molecule has 0 bridgehead atoms. The van der Waals surface area contributed by atoms with Crippen LogP contribution in [0.15, 0.2) is 132 Å². The zero-order chi connectivity index (χ0) is 30.3. The van der Waals surface area contributed by atoms with Crippen molar-refractivity contribution in [3.63, 3.8) is 0 Å². The van der Waals surface area contributed by atoms with Gasteiger partial charge >= 0.3 is 0 Å². The fraction of sp³-hybridized carbons (Fsp3) is 0.105. The Bertz CT molecular complexity index is 1930. The lowest BCUT2D eigenvalue weighted by Gasteiger charge is -2.13. The quantitative estimate of drug-likeness (QED) is 0.131. The molecule has 218 valence electrons. The van der Waals surface area contributed by atoms with E-state index in [1.54, 1.807) is 6.21 Å². The lowest BCUT2D eigenvalue weighted by molar-refractivity contribution is 0.0955. The summed E-state index contributed by atoms with van der Waals surface area (Å²) in [4.78, 5) is 12.8. The van der Waals surface area contributed by atoms with Crippen molar-refractivity contribution in [2.75, 3.05) is 6.61 Å². The lowest BCUT2D eigenvalue weighted by atomic mass is 10.1. The Hall–Kier alpha value is -5.62. The Balaban J connectivity index is 1.10. The molecular formula is C38H33N3O3. The third kappa shape index (κ3) is 6.40. The molecule has 6 aromatic rings. The molecule has 6 nitrogen and oxygen atoms in total. The van der Waals surface area contributed by atoms with Gasteiger partial charge in [0.25, 0.3) is 5.91 Å². The largest absolute Gasteiger partial charge is 0.490 e. The molecule has 1 N–H and O–H groups in total. The predicted octanol–water partition coefficient (Wildman–Crippen LogP) is 8.35. The molecule has 44 heavy (non-hydrogen) atoms. The smallest absolute Gasteiger partial charge is 0.271 e. The predicted molar refractivity (Wildman–Crippen MR) is 177 cm³/mol. The number of ether oxygens (including phenoxy) is 2. The van der Waals surface area contributed by atoms with E-state index in [1.807, 2.05) is 79.7 Å². The number of nitrogens with zero attached hydrogens (tertiary/aromatic N) is 2. The molecule has 6 rings (SSSR count). The van der Waals surface area contributed by atoms with Crippen LogP contribution < -0.4 is 14.9 Å². The van der Waals surface area contributed by atoms with Gasteiger partial charge in [-0.1, -0.05) is 66.7 Å². The highest BCUT2D eigenvalue weighted by molar-refractivity contribution is 5.95. The minimum absolute atomic E-state index is 0.291. The molecule has 5 aromatic carbocycles. The summed E-state index contributed by atoms with van der Waals surface area (Å²) in [5, 5.41) is 6.56. The van der Waals surface area contributed by atoms with Crippen LogP contribution in [0, 0.1) is 6.92 Å². The number of nitrogens with one attached hydrogen (secondary N) is 1. The number of rotatable bonds is 10. The van der Waals surface area contributed by atoms with Gasteiger partial charge in [0.05, 0.1) is 18.5 Å². The van der Waals surface area contributed by atoms with Crippen molar-refractivity contribution in [1.82, 2.24) is 9.99 Å². The highest BCUT2D eigenvalue weighted by Crippen LogP contribution is 2.30. The molecule has 0 aliphatic carbocycles. The zero-order valence-electron chi connectivity index (χ0n) is 24.7. The number of aromatic nitrogens is 1. The van der Waals surface area contributed by atoms with Gasteiger partial charge < -0.3 is 14.0 Å². The number of fused-ring (bicyclic) bond motifs is 1. The molecule has 0 saturated heterocycles. The molecule has 0 atom stereocenters. The Morgan fingerprint density at radius 2 is 1.55 bits per heavy atom. The average Bonchev–Trinajstić information content (AvgIpc) is 3.46. The van der Waals surface area contributed by atoms with Gasteiger partial charge in [-0.25, -0.2) is 5.43 Å². The van der Waals surface area contributed by atoms with Gasteiger partial charge in [0, 0.05) is 16.9 Å². The highest BCUT2D eigenvalue weighted by Gasteiger charge is 2.11. The minimum atomic E-state index is -0.291. The number of carbonyl (C=O) groups is 1. The van der Waals surface area contributed by atoms with E-state index in [2.05, 4.69) is 76.6 Å². The molecule has 1 amide bonds. The van der Waals surface area contributed by atoms with Crippen molar-refractivity contribution in [1.29, 1.82) is 0 Å². The molecule has 0 saturated carbocycles. The van der Waals surface area contributed by atoms with Crippen LogP contribution in [-0.4, -0.2) is 23.3 Å². The Kier molecular flexibility index (Phi) is 8.50. The van der Waals surface area contributed by atoms with Gasteiger partial charge in [0.2, 0.25) is 0 Å². The van der Waals surface area contributed by atoms with E-state index in [0.29, 0.717) is 30.3 Å². The standard InChI is InChI=1S/C38H33N3O3/c1-3-43-37-24-28(15-22-36(37)44-26-29-14-16-30-9-7-8-12-33(30)23-29)25-39-40-38(42)32-17-19-34(20-18-32)41-27(2)13-21-35(41)31-10-5-4-6-11-31/h4-25H,3,26H2,1-2H3,(H,40,42)/b39-25+. The first-order valence-corrected chi connectivity index (χ1v) is 14.6. The summed E-state index contributed by atoms with van der Waals surface area (Å²) < 4.78 is 14.1. The summed E-state index contributed by atoms with van der Waals surface area (Å²) in [6, 6.07) is 42.1. The zero-order valence-corrected chi connectivity index (χ0v) is 24.7. The van der Waals surface area contributed by atoms with Crippen molar-refractivity contribution < 1.29 is 14.3 Å². The van der Waals surface area contributed by atoms with Gasteiger partial charge in [0.15, 0.2) is 11.5 Å². The van der Waals surface area contributed by atoms with E-state index >= 15 is 0 Å². The van der Waals surface area contributed by atoms with Gasteiger partial charge in [-0.15, -0.1) is 0 Å². The molecule has 6 heteroatoms. The second kappa shape index (κ2) is 13.1. The van der Waals surface area contributed by atoms with E-state index in [0.717, 1.165) is 33.8 Å². The molecule has 0 radical (unpaired) electrons. The third-order valence-electron chi connectivity index (χ3n) is 7.39. The second-order valence-electron chi connectivity index (χ2n) is 10.4. The van der Waals surface area contributed by atoms with Crippen LogP contribution in [-0.2, 0) is 6.61 Å². The maximum atomic E-state index is 12.8. The van der Waals surface area contributed by atoms with Crippen LogP contribution in [0.3, 0.4) is 0 Å². The van der Waals surface area contributed by atoms with Crippen molar-refractivity contribution in [3.05, 3.63) is 150 Å². The number of benzene rings is 5. The van der Waals surface area contributed by atoms with Crippen LogP contribution in [0.5, 0.6) is 11.5 Å². The first kappa shape index (κ1) is 28.5. The Morgan fingerprint density at radius 3 is 2.34 bits per heavy atom. The normalized spacial score (nSPS) is 11.1. The van der Waals surface area contributed by atoms with Crippen LogP contribution in [0.25, 0.3) is 27.7 Å². The molecule has 0 fully saturated rings. The fourth-order valence-corrected chi connectivity index (χ4v) is 5.19. The number of amides is 1. The van der Waals surface area contributed by atoms with Crippen LogP contribution >= 0.6 is 0 Å². The van der Waals surface area contributed by atoms with Gasteiger partial charge in [0.1, 0.15) is 6.61 Å². The summed E-state index contributed by atoms with van der Waals surface area (Å²) in [5.74, 6) is 0.977. The SMILES string of the molecule is CCOc1cc(/C=N/NC(=O)c2ccc(-n3c(C)ccc3-c3ccccc3)cc2)ccc1OCc1ccc2ccccc2c1. The Labute approximate surface area is 257 Å². The maximum Gasteiger partial charge on any atom is 0.271 e. The maximum absolute atomic E-state index is 12.8. The summed E-state index contributed by atoms with van der Waals surface area (Å²) in [7, 11) is 0. The number of hydrazone groups is 1. The van der Waals surface area contributed by atoms with Crippen molar-refractivity contribution in [2.45, 2.75) is 20.5 Å². The van der Waals surface area contributed by atoms with E-state index in [9.17, 15) is 4.79 Å². The van der Waals surface area contributed by atoms with Gasteiger partial charge in [-0.3, -0.25) is 4.79 Å². The second-order valence-corrected chi connectivity index (χ2v) is 10.4. The minimum Gasteiger partial charge on any atom is -0.490 e. The summed E-state index contributed by atoms with van der Waals surface area (Å²) in [6.45, 7) is 4.92. The monoisotopic (exact) mass is 579 g/mol. The van der Waals surface area contributed by atoms with Crippen molar-refractivity contribution in [2.24, 2.45) is 5.10 Å². The number of hydrogen-bond donors (Lipinski definition) is 1. The highest BCUT2D eigenvalue weighted by atomic mass is 16.5. The fourth-order valence-electron chi connectivity index (χ4n) is 5.19. The molecule has 0 spiro atoms. The number of aryl methyl sites for hydroxylation is 1. The van der Waals surface area contributed by atoms with Crippen molar-refractivity contribution >= 4 is 22.9 Å². The average molecular weight is 580 g/mol. The first-order chi connectivity index (χ1) is 21.6. The van der Waals surface area contributed by atoms with Crippen LogP contribution in [0.2, 0.25) is 0 Å². The summed E-state index contributed by atoms with van der Waals surface area (Å²) in [6.07, 6.45) is 1.59. The molecule has 1 aromatic heterocycles. The third-order valence-corrected chi connectivity index (χ3v) is 7.39. The molecular weight excluding hydrogens is 546 g/mol. The van der Waals surface area contributed by atoms with Gasteiger partial charge in [-0.05, 0) is 102 Å². The molecule has 0 aliphatic rings. The number of hydrogen-bond acceptors (Lipinski definition) is 4. The first-order valence-electron chi connectivity index (χ1n) is 14.6. The Morgan fingerprint density at radius 1 is 0.773 bits per heavy atom. The summed E-state index contributed by atoms with van der Waals surface area (Å²) in [5.41, 5.74) is 9.33.